The van der Waals surface area contributed by atoms with E-state index in [1.54, 1.807) is 31.2 Å². The molecule has 0 aliphatic heterocycles. The summed E-state index contributed by atoms with van der Waals surface area (Å²) in [5, 5.41) is 0. The van der Waals surface area contributed by atoms with Crippen LogP contribution in [0.1, 0.15) is 48.3 Å². The molecule has 0 N–H and O–H groups in total. The number of aryl methyl sites for hydroxylation is 2. The Balaban J connectivity index is 2.00. The third-order valence-corrected chi connectivity index (χ3v) is 5.18. The fraction of sp³-hybridized carbons (Fsp3) is 0.143. The van der Waals surface area contributed by atoms with Crippen molar-refractivity contribution in [3.63, 3.8) is 0 Å². The number of nitrogens with zero attached hydrogens (tertiary/aromatic N) is 1. The maximum absolute atomic E-state index is 13.0. The molecule has 0 amide bonds. The lowest BCUT2D eigenvalue weighted by molar-refractivity contribution is 0.0728. The van der Waals surface area contributed by atoms with Gasteiger partial charge in [-0.2, -0.15) is 0 Å². The molecule has 1 atom stereocenters. The summed E-state index contributed by atoms with van der Waals surface area (Å²) in [7, 11) is 0. The van der Waals surface area contributed by atoms with Crippen molar-refractivity contribution in [1.82, 2.24) is 4.98 Å². The number of carbonyl (C=O) groups excluding carboxylic acids is 3. The summed E-state index contributed by atoms with van der Waals surface area (Å²) in [4.78, 5) is 41.9. The number of furan rings is 1. The number of hydrogen-bond acceptors (Lipinski definition) is 7. The number of pyridine rings is 1. The second-order valence-electron chi connectivity index (χ2n) is 6.20. The van der Waals surface area contributed by atoms with E-state index in [0.717, 1.165) is 0 Å². The van der Waals surface area contributed by atoms with Crippen molar-refractivity contribution in [3.8, 4) is 5.75 Å². The van der Waals surface area contributed by atoms with Crippen LogP contribution in [0.25, 0.3) is 0 Å². The second kappa shape index (κ2) is 8.42. The average molecular weight is 411 g/mol. The van der Waals surface area contributed by atoms with E-state index < -0.39 is 22.9 Å². The van der Waals surface area contributed by atoms with Crippen LogP contribution < -0.4 is 4.74 Å². The number of benzene rings is 1. The summed E-state index contributed by atoms with van der Waals surface area (Å²) in [5.41, 5.74) is 0.386. The van der Waals surface area contributed by atoms with Crippen molar-refractivity contribution in [2.75, 3.05) is 6.26 Å². The third-order valence-electron chi connectivity index (χ3n) is 4.24. The summed E-state index contributed by atoms with van der Waals surface area (Å²) < 4.78 is 22.2. The molecule has 0 aliphatic carbocycles. The van der Waals surface area contributed by atoms with Gasteiger partial charge in [0.1, 0.15) is 29.0 Å². The predicted molar refractivity (Wildman–Crippen MR) is 105 cm³/mol. The fourth-order valence-corrected chi connectivity index (χ4v) is 3.34. The van der Waals surface area contributed by atoms with Crippen LogP contribution in [0.5, 0.6) is 5.75 Å². The Bertz CT molecular complexity index is 1090. The number of ether oxygens (including phenoxy) is 1. The van der Waals surface area contributed by atoms with E-state index in [0.29, 0.717) is 16.7 Å². The molecule has 148 valence electrons. The van der Waals surface area contributed by atoms with Gasteiger partial charge in [0, 0.05) is 6.20 Å². The van der Waals surface area contributed by atoms with Crippen molar-refractivity contribution in [1.29, 1.82) is 0 Å². The minimum Gasteiger partial charge on any atom is -0.612 e. The number of esters is 1. The number of aldehydes is 1. The molecular formula is C21H17NO6S. The molecule has 3 rings (SSSR count). The van der Waals surface area contributed by atoms with Crippen LogP contribution in [0.2, 0.25) is 0 Å². The minimum atomic E-state index is -1.17. The molecule has 7 nitrogen and oxygen atoms in total. The first-order valence-corrected chi connectivity index (χ1v) is 10.1. The molecule has 1 aromatic carbocycles. The van der Waals surface area contributed by atoms with Gasteiger partial charge < -0.3 is 13.7 Å². The Labute approximate surface area is 169 Å². The van der Waals surface area contributed by atoms with Crippen molar-refractivity contribution in [2.45, 2.75) is 18.7 Å². The van der Waals surface area contributed by atoms with Gasteiger partial charge in [0.2, 0.25) is 5.78 Å². The van der Waals surface area contributed by atoms with Crippen LogP contribution in [0.15, 0.2) is 51.9 Å². The molecule has 2 aromatic heterocycles. The zero-order valence-corrected chi connectivity index (χ0v) is 16.7. The largest absolute Gasteiger partial charge is 0.612 e. The Morgan fingerprint density at radius 2 is 1.83 bits per heavy atom. The summed E-state index contributed by atoms with van der Waals surface area (Å²) in [6, 6.07) is 9.51. The van der Waals surface area contributed by atoms with Crippen LogP contribution in [0.4, 0.5) is 0 Å². The number of ketones is 1. The third kappa shape index (κ3) is 4.13. The maximum atomic E-state index is 13.0. The maximum Gasteiger partial charge on any atom is 0.347 e. The van der Waals surface area contributed by atoms with Gasteiger partial charge >= 0.3 is 5.97 Å². The molecule has 0 saturated heterocycles. The molecule has 0 spiro atoms. The molecule has 0 aliphatic rings. The highest BCUT2D eigenvalue weighted by Gasteiger charge is 2.31. The van der Waals surface area contributed by atoms with Gasteiger partial charge in [-0.05, 0) is 60.9 Å². The lowest BCUT2D eigenvalue weighted by Gasteiger charge is -2.08. The van der Waals surface area contributed by atoms with Gasteiger partial charge in [-0.1, -0.05) is 6.07 Å². The van der Waals surface area contributed by atoms with E-state index in [1.807, 2.05) is 0 Å². The lowest BCUT2D eigenvalue weighted by Crippen LogP contribution is -2.16. The van der Waals surface area contributed by atoms with Crippen molar-refractivity contribution in [3.05, 3.63) is 76.5 Å². The Morgan fingerprint density at radius 3 is 2.41 bits per heavy atom. The first kappa shape index (κ1) is 20.5. The van der Waals surface area contributed by atoms with Crippen molar-refractivity contribution < 1.29 is 28.1 Å². The lowest BCUT2D eigenvalue weighted by atomic mass is 10.00. The molecule has 0 bridgehead atoms. The molecule has 1 unspecified atom stereocenters. The Kier molecular flexibility index (Phi) is 5.95. The van der Waals surface area contributed by atoms with E-state index in [9.17, 15) is 18.9 Å². The molecule has 29 heavy (non-hydrogen) atoms. The topological polar surface area (TPSA) is 110 Å². The summed E-state index contributed by atoms with van der Waals surface area (Å²) in [5.74, 6) is -1.43. The number of rotatable bonds is 6. The fourth-order valence-electron chi connectivity index (χ4n) is 2.82. The normalized spacial score (nSPS) is 11.7. The minimum absolute atomic E-state index is 0.0836. The molecule has 0 fully saturated rings. The Hall–Kier alpha value is -3.23. The van der Waals surface area contributed by atoms with Crippen LogP contribution in [0.3, 0.4) is 0 Å². The van der Waals surface area contributed by atoms with E-state index in [2.05, 4.69) is 4.98 Å². The molecule has 3 aromatic rings. The average Bonchev–Trinajstić information content (AvgIpc) is 3.04. The van der Waals surface area contributed by atoms with Crippen LogP contribution in [-0.2, 0) is 11.2 Å². The summed E-state index contributed by atoms with van der Waals surface area (Å²) in [6.07, 6.45) is 3.36. The summed E-state index contributed by atoms with van der Waals surface area (Å²) in [6.45, 7) is 3.17. The number of aromatic nitrogens is 1. The van der Waals surface area contributed by atoms with E-state index in [4.69, 9.17) is 9.15 Å². The molecule has 0 radical (unpaired) electrons. The first-order chi connectivity index (χ1) is 13.8. The highest BCUT2D eigenvalue weighted by atomic mass is 32.2. The van der Waals surface area contributed by atoms with Gasteiger partial charge in [0.05, 0.1) is 5.56 Å². The van der Waals surface area contributed by atoms with E-state index >= 15 is 0 Å². The van der Waals surface area contributed by atoms with Crippen LogP contribution >= 0.6 is 0 Å². The zero-order valence-electron chi connectivity index (χ0n) is 15.9. The van der Waals surface area contributed by atoms with Crippen LogP contribution in [0, 0.1) is 13.8 Å². The first-order valence-electron chi connectivity index (χ1n) is 8.54. The molecule has 0 saturated carbocycles. The Morgan fingerprint density at radius 1 is 1.14 bits per heavy atom. The SMILES string of the molecule is Cc1cccnc1C(=O)c1c(C=O)oc(C)c1C(=O)Oc1ccc([S+](C)[O-])cc1. The summed E-state index contributed by atoms with van der Waals surface area (Å²) >= 11 is -1.17. The quantitative estimate of drug-likeness (QED) is 0.201. The molecular weight excluding hydrogens is 394 g/mol. The van der Waals surface area contributed by atoms with Gasteiger partial charge in [-0.25, -0.2) is 4.79 Å². The van der Waals surface area contributed by atoms with Crippen LogP contribution in [-0.4, -0.2) is 33.8 Å². The van der Waals surface area contributed by atoms with Gasteiger partial charge in [-0.3, -0.25) is 14.6 Å². The van der Waals surface area contributed by atoms with Gasteiger partial charge in [0.25, 0.3) is 0 Å². The van der Waals surface area contributed by atoms with Gasteiger partial charge in [-0.15, -0.1) is 0 Å². The molecule has 8 heteroatoms. The van der Waals surface area contributed by atoms with Gasteiger partial charge in [0.15, 0.2) is 16.9 Å². The van der Waals surface area contributed by atoms with Crippen molar-refractivity contribution >= 4 is 29.2 Å². The van der Waals surface area contributed by atoms with E-state index in [1.165, 1.54) is 31.5 Å². The second-order valence-corrected chi connectivity index (χ2v) is 7.58. The highest BCUT2D eigenvalue weighted by Crippen LogP contribution is 2.27. The standard InChI is InChI=1S/C21H17NO6S/c1-12-5-4-10-22-19(12)20(24)18-16(11-23)27-13(2)17(18)21(25)28-14-6-8-15(9-7-14)29(3)26/h4-11H,1-3H3. The zero-order chi connectivity index (χ0) is 21.1. The van der Waals surface area contributed by atoms with Crippen molar-refractivity contribution in [2.24, 2.45) is 0 Å². The number of hydrogen-bond donors (Lipinski definition) is 0. The monoisotopic (exact) mass is 411 g/mol. The highest BCUT2D eigenvalue weighted by molar-refractivity contribution is 7.90. The van der Waals surface area contributed by atoms with E-state index in [-0.39, 0.29) is 34.1 Å². The smallest absolute Gasteiger partial charge is 0.347 e. The number of carbonyl (C=O) groups is 3. The predicted octanol–water partition coefficient (Wildman–Crippen LogP) is 3.29. The molecule has 2 heterocycles.